The maximum absolute atomic E-state index is 13.5. The van der Waals surface area contributed by atoms with Gasteiger partial charge in [0.15, 0.2) is 0 Å². The van der Waals surface area contributed by atoms with Crippen LogP contribution in [0.5, 0.6) is 5.75 Å². The fourth-order valence-electron chi connectivity index (χ4n) is 4.51. The van der Waals surface area contributed by atoms with Gasteiger partial charge in [-0.2, -0.15) is 4.31 Å². The van der Waals surface area contributed by atoms with Crippen LogP contribution < -0.4 is 10.1 Å². The number of aliphatic hydroxyl groups excluding tert-OH is 1. The summed E-state index contributed by atoms with van der Waals surface area (Å²) < 4.78 is 57.1. The Morgan fingerprint density at radius 1 is 1.05 bits per heavy atom. The third kappa shape index (κ3) is 8.26. The van der Waals surface area contributed by atoms with E-state index in [1.54, 1.807) is 12.1 Å². The van der Waals surface area contributed by atoms with Crippen molar-refractivity contribution in [2.45, 2.75) is 50.2 Å². The number of hydrogen-bond donors (Lipinski definition) is 2. The summed E-state index contributed by atoms with van der Waals surface area (Å²) >= 11 is 0. The highest BCUT2D eigenvalue weighted by atomic mass is 32.2. The summed E-state index contributed by atoms with van der Waals surface area (Å²) in [4.78, 5) is 13.2. The van der Waals surface area contributed by atoms with Gasteiger partial charge in [0.1, 0.15) is 15.6 Å². The molecule has 0 aromatic heterocycles. The topological polar surface area (TPSA) is 130 Å². The summed E-state index contributed by atoms with van der Waals surface area (Å²) in [6.45, 7) is 3.74. The first kappa shape index (κ1) is 30.1. The largest absolute Gasteiger partial charge is 0.497 e. The van der Waals surface area contributed by atoms with Gasteiger partial charge < -0.3 is 15.2 Å². The molecule has 1 heterocycles. The third-order valence-electron chi connectivity index (χ3n) is 6.67. The Morgan fingerprint density at radius 3 is 2.21 bits per heavy atom. The predicted molar refractivity (Wildman–Crippen MR) is 146 cm³/mol. The SMILES string of the molecule is COc1ccc(S(=O)(=O)N(CC(C)C)C[C@@H](O)[C@H](Cc2ccccc2)NC(=O)C2CCS(=O)(=O)CC2)cc1. The molecule has 0 radical (unpaired) electrons. The van der Waals surface area contributed by atoms with Crippen molar-refractivity contribution >= 4 is 25.8 Å². The first-order valence-corrected chi connectivity index (χ1v) is 16.0. The number of carbonyl (C=O) groups excluding carboxylic acids is 1. The van der Waals surface area contributed by atoms with Crippen LogP contribution >= 0.6 is 0 Å². The van der Waals surface area contributed by atoms with Crippen LogP contribution in [0, 0.1) is 11.8 Å². The Labute approximate surface area is 226 Å². The number of sulfonamides is 1. The van der Waals surface area contributed by atoms with E-state index in [9.17, 15) is 26.7 Å². The minimum absolute atomic E-state index is 0.0124. The molecule has 1 amide bonds. The maximum Gasteiger partial charge on any atom is 0.243 e. The van der Waals surface area contributed by atoms with Crippen molar-refractivity contribution in [3.05, 3.63) is 60.2 Å². The zero-order chi connectivity index (χ0) is 27.9. The molecule has 2 atom stereocenters. The van der Waals surface area contributed by atoms with Crippen molar-refractivity contribution in [1.82, 2.24) is 9.62 Å². The second-order valence-corrected chi connectivity index (χ2v) is 14.4. The van der Waals surface area contributed by atoms with Crippen LogP contribution in [0.15, 0.2) is 59.5 Å². The Morgan fingerprint density at radius 2 is 1.66 bits per heavy atom. The second-order valence-electron chi connectivity index (χ2n) is 10.2. The van der Waals surface area contributed by atoms with Gasteiger partial charge in [-0.15, -0.1) is 0 Å². The Kier molecular flexibility index (Phi) is 10.3. The van der Waals surface area contributed by atoms with Gasteiger partial charge >= 0.3 is 0 Å². The molecule has 9 nitrogen and oxygen atoms in total. The van der Waals surface area contributed by atoms with Crippen LogP contribution in [-0.4, -0.2) is 76.0 Å². The summed E-state index contributed by atoms with van der Waals surface area (Å²) in [5.74, 6) is -0.368. The van der Waals surface area contributed by atoms with E-state index in [1.807, 2.05) is 44.2 Å². The van der Waals surface area contributed by atoms with Crippen molar-refractivity contribution in [3.63, 3.8) is 0 Å². The van der Waals surface area contributed by atoms with Gasteiger partial charge in [0, 0.05) is 19.0 Å². The number of amides is 1. The van der Waals surface area contributed by atoms with E-state index in [-0.39, 0.29) is 60.6 Å². The maximum atomic E-state index is 13.5. The van der Waals surface area contributed by atoms with Crippen LogP contribution in [0.25, 0.3) is 0 Å². The van der Waals surface area contributed by atoms with E-state index in [2.05, 4.69) is 5.32 Å². The van der Waals surface area contributed by atoms with Crippen molar-refractivity contribution in [2.75, 3.05) is 31.7 Å². The molecule has 0 unspecified atom stereocenters. The Balaban J connectivity index is 1.83. The predicted octanol–water partition coefficient (Wildman–Crippen LogP) is 2.26. The normalized spacial score (nSPS) is 17.7. The van der Waals surface area contributed by atoms with Crippen molar-refractivity contribution in [2.24, 2.45) is 11.8 Å². The highest BCUT2D eigenvalue weighted by molar-refractivity contribution is 7.91. The summed E-state index contributed by atoms with van der Waals surface area (Å²) in [7, 11) is -5.58. The number of sulfone groups is 1. The van der Waals surface area contributed by atoms with Crippen LogP contribution in [0.2, 0.25) is 0 Å². The van der Waals surface area contributed by atoms with E-state index in [0.29, 0.717) is 5.75 Å². The molecule has 3 rings (SSSR count). The standard InChI is InChI=1S/C27H38N2O7S2/c1-20(2)18-29(38(34,35)24-11-9-23(36-3)10-12-24)19-26(30)25(17-21-7-5-4-6-8-21)28-27(31)22-13-15-37(32,33)16-14-22/h4-12,20,22,25-26,30H,13-19H2,1-3H3,(H,28,31)/t25-,26+/m0/s1. The lowest BCUT2D eigenvalue weighted by Gasteiger charge is -2.32. The summed E-state index contributed by atoms with van der Waals surface area (Å²) in [6, 6.07) is 14.6. The minimum Gasteiger partial charge on any atom is -0.497 e. The molecule has 0 bridgehead atoms. The van der Waals surface area contributed by atoms with Crippen molar-refractivity contribution in [1.29, 1.82) is 0 Å². The van der Waals surface area contributed by atoms with Gasteiger partial charge in [-0.1, -0.05) is 44.2 Å². The molecule has 0 aliphatic carbocycles. The highest BCUT2D eigenvalue weighted by Gasteiger charge is 2.34. The third-order valence-corrected chi connectivity index (χ3v) is 10.2. The van der Waals surface area contributed by atoms with E-state index in [4.69, 9.17) is 4.74 Å². The fraction of sp³-hybridized carbons (Fsp3) is 0.519. The number of nitrogens with zero attached hydrogens (tertiary/aromatic N) is 1. The molecule has 0 saturated carbocycles. The molecule has 11 heteroatoms. The van der Waals surface area contributed by atoms with E-state index in [0.717, 1.165) is 5.56 Å². The number of hydrogen-bond acceptors (Lipinski definition) is 7. The molecule has 1 saturated heterocycles. The van der Waals surface area contributed by atoms with Crippen LogP contribution in [0.4, 0.5) is 0 Å². The van der Waals surface area contributed by atoms with Crippen molar-refractivity contribution in [3.8, 4) is 5.75 Å². The van der Waals surface area contributed by atoms with Gasteiger partial charge in [-0.3, -0.25) is 4.79 Å². The first-order valence-electron chi connectivity index (χ1n) is 12.8. The number of nitrogens with one attached hydrogen (secondary N) is 1. The van der Waals surface area contributed by atoms with Gasteiger partial charge in [0.2, 0.25) is 15.9 Å². The highest BCUT2D eigenvalue weighted by Crippen LogP contribution is 2.23. The molecule has 2 aromatic rings. The average molecular weight is 567 g/mol. The van der Waals surface area contributed by atoms with Crippen LogP contribution in [-0.2, 0) is 31.1 Å². The Hall–Kier alpha value is -2.47. The van der Waals surface area contributed by atoms with E-state index in [1.165, 1.54) is 23.5 Å². The molecule has 2 aromatic carbocycles. The van der Waals surface area contributed by atoms with Crippen LogP contribution in [0.1, 0.15) is 32.3 Å². The molecule has 0 spiro atoms. The summed E-state index contributed by atoms with van der Waals surface area (Å²) in [6.07, 6.45) is -0.462. The van der Waals surface area contributed by atoms with Gasteiger partial charge in [0.05, 0.1) is 35.7 Å². The lowest BCUT2D eigenvalue weighted by Crippen LogP contribution is -2.52. The monoisotopic (exact) mass is 566 g/mol. The molecule has 1 aliphatic heterocycles. The number of rotatable bonds is 12. The van der Waals surface area contributed by atoms with E-state index >= 15 is 0 Å². The van der Waals surface area contributed by atoms with E-state index < -0.39 is 37.9 Å². The quantitative estimate of drug-likeness (QED) is 0.403. The molecule has 1 fully saturated rings. The van der Waals surface area contributed by atoms with Crippen LogP contribution in [0.3, 0.4) is 0 Å². The number of benzene rings is 2. The molecule has 38 heavy (non-hydrogen) atoms. The number of carbonyl (C=O) groups is 1. The number of methoxy groups -OCH3 is 1. The second kappa shape index (κ2) is 13.1. The van der Waals surface area contributed by atoms with Gasteiger partial charge in [0.25, 0.3) is 0 Å². The number of aliphatic hydroxyl groups is 1. The number of ether oxygens (including phenoxy) is 1. The fourth-order valence-corrected chi connectivity index (χ4v) is 7.63. The summed E-state index contributed by atoms with van der Waals surface area (Å²) in [5.41, 5.74) is 0.872. The summed E-state index contributed by atoms with van der Waals surface area (Å²) in [5, 5.41) is 14.2. The molecular formula is C27H38N2O7S2. The molecule has 210 valence electrons. The molecule has 2 N–H and O–H groups in total. The lowest BCUT2D eigenvalue weighted by atomic mass is 9.97. The van der Waals surface area contributed by atoms with Crippen molar-refractivity contribution < 1.29 is 31.5 Å². The smallest absolute Gasteiger partial charge is 0.243 e. The first-order chi connectivity index (χ1) is 17.9. The molecular weight excluding hydrogens is 528 g/mol. The van der Waals surface area contributed by atoms with Gasteiger partial charge in [-0.25, -0.2) is 16.8 Å². The zero-order valence-corrected chi connectivity index (χ0v) is 23.7. The van der Waals surface area contributed by atoms with Gasteiger partial charge in [-0.05, 0) is 55.0 Å². The minimum atomic E-state index is -3.95. The molecule has 1 aliphatic rings. The average Bonchev–Trinajstić information content (AvgIpc) is 2.88. The zero-order valence-electron chi connectivity index (χ0n) is 22.1. The Bertz CT molecular complexity index is 1250. The lowest BCUT2D eigenvalue weighted by molar-refractivity contribution is -0.126.